The van der Waals surface area contributed by atoms with Crippen LogP contribution in [-0.2, 0) is 13.2 Å². The third-order valence-corrected chi connectivity index (χ3v) is 6.28. The van der Waals surface area contributed by atoms with E-state index in [0.717, 1.165) is 11.1 Å². The number of nitrogens with zero attached hydrogens (tertiary/aromatic N) is 2. The summed E-state index contributed by atoms with van der Waals surface area (Å²) < 4.78 is 7.43. The van der Waals surface area contributed by atoms with E-state index in [-0.39, 0.29) is 5.91 Å². The average Bonchev–Trinajstić information content (AvgIpc) is 3.40. The van der Waals surface area contributed by atoms with Crippen molar-refractivity contribution >= 4 is 57.9 Å². The minimum Gasteiger partial charge on any atom is -0.489 e. The van der Waals surface area contributed by atoms with Gasteiger partial charge in [-0.3, -0.25) is 9.48 Å². The lowest BCUT2D eigenvalue weighted by Crippen LogP contribution is -2.11. The highest BCUT2D eigenvalue weighted by Crippen LogP contribution is 2.23. The van der Waals surface area contributed by atoms with E-state index in [1.807, 2.05) is 17.5 Å². The Hall–Kier alpha value is -2.51. The van der Waals surface area contributed by atoms with E-state index >= 15 is 0 Å². The quantitative estimate of drug-likeness (QED) is 0.309. The fourth-order valence-corrected chi connectivity index (χ4v) is 4.03. The number of amides is 1. The predicted molar refractivity (Wildman–Crippen MR) is 126 cm³/mol. The monoisotopic (exact) mass is 491 g/mol. The number of anilines is 1. The number of aromatic nitrogens is 2. The van der Waals surface area contributed by atoms with E-state index < -0.39 is 0 Å². The van der Waals surface area contributed by atoms with Gasteiger partial charge in [0.25, 0.3) is 5.91 Å². The summed E-state index contributed by atoms with van der Waals surface area (Å²) in [6, 6.07) is 16.1. The zero-order valence-corrected chi connectivity index (χ0v) is 19.1. The Kier molecular flexibility index (Phi) is 6.83. The Balaban J connectivity index is 1.33. The summed E-state index contributed by atoms with van der Waals surface area (Å²) in [5, 5.41) is 10.8. The molecule has 0 aliphatic heterocycles. The minimum absolute atomic E-state index is 0.220. The van der Waals surface area contributed by atoms with E-state index in [1.54, 1.807) is 53.3 Å². The van der Waals surface area contributed by atoms with Crippen molar-refractivity contribution in [3.63, 3.8) is 0 Å². The van der Waals surface area contributed by atoms with Crippen LogP contribution in [0.4, 0.5) is 5.82 Å². The molecule has 0 saturated heterocycles. The van der Waals surface area contributed by atoms with Gasteiger partial charge in [-0.2, -0.15) is 5.10 Å². The summed E-state index contributed by atoms with van der Waals surface area (Å²) in [7, 11) is 0. The molecular formula is C22H16Cl3N3O2S. The Labute approximate surface area is 198 Å². The first-order valence-electron chi connectivity index (χ1n) is 9.21. The Bertz CT molecular complexity index is 1200. The van der Waals surface area contributed by atoms with Gasteiger partial charge < -0.3 is 10.1 Å². The second-order valence-electron chi connectivity index (χ2n) is 6.66. The molecule has 158 valence electrons. The molecule has 0 bridgehead atoms. The lowest BCUT2D eigenvalue weighted by molar-refractivity contribution is 0.103. The number of ether oxygens (including phenoxy) is 1. The average molecular weight is 493 g/mol. The Morgan fingerprint density at radius 2 is 1.81 bits per heavy atom. The van der Waals surface area contributed by atoms with Crippen molar-refractivity contribution in [1.82, 2.24) is 9.78 Å². The van der Waals surface area contributed by atoms with Gasteiger partial charge in [-0.05, 0) is 53.4 Å². The summed E-state index contributed by atoms with van der Waals surface area (Å²) in [6.45, 7) is 0.877. The van der Waals surface area contributed by atoms with Crippen LogP contribution in [0.2, 0.25) is 15.1 Å². The van der Waals surface area contributed by atoms with Crippen molar-refractivity contribution < 1.29 is 9.53 Å². The van der Waals surface area contributed by atoms with Gasteiger partial charge >= 0.3 is 0 Å². The smallest absolute Gasteiger partial charge is 0.266 e. The van der Waals surface area contributed by atoms with Crippen LogP contribution in [0, 0.1) is 0 Å². The molecule has 1 amide bonds. The lowest BCUT2D eigenvalue weighted by Gasteiger charge is -2.04. The van der Waals surface area contributed by atoms with Crippen LogP contribution in [-0.4, -0.2) is 15.7 Å². The van der Waals surface area contributed by atoms with E-state index in [1.165, 1.54) is 11.3 Å². The summed E-state index contributed by atoms with van der Waals surface area (Å²) in [5.41, 5.74) is 1.87. The van der Waals surface area contributed by atoms with Gasteiger partial charge in [0.15, 0.2) is 5.82 Å². The highest BCUT2D eigenvalue weighted by Gasteiger charge is 2.12. The molecule has 0 aliphatic carbocycles. The molecule has 2 heterocycles. The normalized spacial score (nSPS) is 10.8. The molecule has 1 N–H and O–H groups in total. The van der Waals surface area contributed by atoms with E-state index in [4.69, 9.17) is 39.5 Å². The van der Waals surface area contributed by atoms with Crippen molar-refractivity contribution in [3.05, 3.63) is 97.2 Å². The maximum atomic E-state index is 12.6. The largest absolute Gasteiger partial charge is 0.489 e. The fraction of sp³-hybridized carbons (Fsp3) is 0.0909. The molecule has 0 aliphatic rings. The number of carbonyl (C=O) groups is 1. The zero-order chi connectivity index (χ0) is 21.8. The number of benzene rings is 2. The van der Waals surface area contributed by atoms with Crippen molar-refractivity contribution in [1.29, 1.82) is 0 Å². The van der Waals surface area contributed by atoms with Crippen LogP contribution in [0.5, 0.6) is 5.75 Å². The first kappa shape index (κ1) is 21.7. The molecule has 4 aromatic rings. The number of carbonyl (C=O) groups excluding carboxylic acids is 1. The molecule has 0 spiro atoms. The summed E-state index contributed by atoms with van der Waals surface area (Å²) >= 11 is 19.2. The van der Waals surface area contributed by atoms with Crippen LogP contribution in [0.1, 0.15) is 20.8 Å². The fourth-order valence-electron chi connectivity index (χ4n) is 2.79. The van der Waals surface area contributed by atoms with Crippen molar-refractivity contribution in [2.24, 2.45) is 0 Å². The van der Waals surface area contributed by atoms with Crippen LogP contribution < -0.4 is 10.1 Å². The van der Waals surface area contributed by atoms with Crippen LogP contribution in [0.25, 0.3) is 0 Å². The maximum absolute atomic E-state index is 12.6. The van der Waals surface area contributed by atoms with Gasteiger partial charge in [-0.1, -0.05) is 40.9 Å². The summed E-state index contributed by atoms with van der Waals surface area (Å²) in [5.74, 6) is 0.967. The molecule has 31 heavy (non-hydrogen) atoms. The number of thiophene rings is 1. The van der Waals surface area contributed by atoms with Crippen molar-refractivity contribution in [2.75, 3.05) is 5.32 Å². The third kappa shape index (κ3) is 5.80. The lowest BCUT2D eigenvalue weighted by atomic mass is 10.2. The van der Waals surface area contributed by atoms with Gasteiger partial charge in [0, 0.05) is 22.8 Å². The van der Waals surface area contributed by atoms with E-state index in [0.29, 0.717) is 44.7 Å². The summed E-state index contributed by atoms with van der Waals surface area (Å²) in [6.07, 6.45) is 1.79. The van der Waals surface area contributed by atoms with Gasteiger partial charge in [0.2, 0.25) is 0 Å². The number of nitrogens with one attached hydrogen (secondary N) is 1. The molecule has 0 radical (unpaired) electrons. The Morgan fingerprint density at radius 1 is 1.00 bits per heavy atom. The minimum atomic E-state index is -0.220. The molecule has 2 aromatic carbocycles. The molecule has 9 heteroatoms. The molecule has 0 atom stereocenters. The highest BCUT2D eigenvalue weighted by atomic mass is 35.5. The van der Waals surface area contributed by atoms with Crippen LogP contribution in [0.15, 0.2) is 66.2 Å². The van der Waals surface area contributed by atoms with Gasteiger partial charge in [0.05, 0.1) is 21.5 Å². The molecule has 0 fully saturated rings. The van der Waals surface area contributed by atoms with E-state index in [9.17, 15) is 4.79 Å². The zero-order valence-electron chi connectivity index (χ0n) is 16.0. The molecular weight excluding hydrogens is 477 g/mol. The van der Waals surface area contributed by atoms with Crippen molar-refractivity contribution in [2.45, 2.75) is 13.2 Å². The van der Waals surface area contributed by atoms with Gasteiger partial charge in [0.1, 0.15) is 12.4 Å². The molecule has 4 rings (SSSR count). The van der Waals surface area contributed by atoms with E-state index in [2.05, 4.69) is 10.4 Å². The number of rotatable bonds is 7. The molecule has 2 aromatic heterocycles. The number of hydrogen-bond donors (Lipinski definition) is 1. The highest BCUT2D eigenvalue weighted by molar-refractivity contribution is 7.12. The van der Waals surface area contributed by atoms with Gasteiger partial charge in [-0.15, -0.1) is 11.3 Å². The maximum Gasteiger partial charge on any atom is 0.266 e. The first-order valence-corrected chi connectivity index (χ1v) is 11.2. The standard InChI is InChI=1S/C22H16Cl3N3O2S/c23-16-2-4-17(5-3-16)30-12-15-10-20(31-13-15)22(29)26-21-7-8-28(27-21)11-14-1-6-18(24)19(25)9-14/h1-10,13H,11-12H2,(H,26,27,29). The number of halogens is 3. The Morgan fingerprint density at radius 3 is 2.58 bits per heavy atom. The van der Waals surface area contributed by atoms with Crippen LogP contribution in [0.3, 0.4) is 0 Å². The summed E-state index contributed by atoms with van der Waals surface area (Å²) in [4.78, 5) is 13.1. The van der Waals surface area contributed by atoms with Gasteiger partial charge in [-0.25, -0.2) is 0 Å². The second-order valence-corrected chi connectivity index (χ2v) is 8.83. The van der Waals surface area contributed by atoms with Crippen molar-refractivity contribution in [3.8, 4) is 5.75 Å². The molecule has 0 unspecified atom stereocenters. The molecule has 5 nitrogen and oxygen atoms in total. The predicted octanol–water partition coefficient (Wildman–Crippen LogP) is 6.78. The second kappa shape index (κ2) is 9.75. The number of hydrogen-bond acceptors (Lipinski definition) is 4. The topological polar surface area (TPSA) is 56.2 Å². The van der Waals surface area contributed by atoms with Crippen LogP contribution >= 0.6 is 46.1 Å². The SMILES string of the molecule is O=C(Nc1ccn(Cc2ccc(Cl)c(Cl)c2)n1)c1cc(COc2ccc(Cl)cc2)cs1. The third-order valence-electron chi connectivity index (χ3n) is 4.31. The molecule has 0 saturated carbocycles. The first-order chi connectivity index (χ1) is 15.0.